The fourth-order valence-electron chi connectivity index (χ4n) is 2.16. The van der Waals surface area contributed by atoms with Crippen LogP contribution >= 0.6 is 0 Å². The summed E-state index contributed by atoms with van der Waals surface area (Å²) in [5, 5.41) is 38.0. The Morgan fingerprint density at radius 1 is 1.00 bits per heavy atom. The highest BCUT2D eigenvalue weighted by Crippen LogP contribution is 2.13. The number of aliphatic hydroxyl groups excluding tert-OH is 2. The second kappa shape index (κ2) is 12.2. The Hall–Kier alpha value is -3.69. The Kier molecular flexibility index (Phi) is 10.1. The van der Waals surface area contributed by atoms with Gasteiger partial charge in [-0.2, -0.15) is 8.42 Å². The van der Waals surface area contributed by atoms with Crippen LogP contribution in [0, 0.1) is 35.8 Å². The zero-order valence-electron chi connectivity index (χ0n) is 16.7. The fraction of sp³-hybridized carbons (Fsp3) is 0.368. The van der Waals surface area contributed by atoms with Crippen LogP contribution in [0.4, 0.5) is 0 Å². The van der Waals surface area contributed by atoms with E-state index in [1.54, 1.807) is 19.1 Å². The van der Waals surface area contributed by atoms with Gasteiger partial charge < -0.3 is 19.7 Å². The molecule has 1 aromatic carbocycles. The summed E-state index contributed by atoms with van der Waals surface area (Å²) in [6.45, 7) is 14.5. The number of benzene rings is 1. The van der Waals surface area contributed by atoms with Gasteiger partial charge in [0.05, 0.1) is 38.0 Å². The smallest absolute Gasteiger partial charge is 0.397 e. The summed E-state index contributed by atoms with van der Waals surface area (Å²) >= 11 is 0. The van der Waals surface area contributed by atoms with Gasteiger partial charge >= 0.3 is 10.4 Å². The van der Waals surface area contributed by atoms with Crippen LogP contribution in [-0.4, -0.2) is 55.2 Å². The molecule has 0 heterocycles. The van der Waals surface area contributed by atoms with Gasteiger partial charge in [0.2, 0.25) is 0 Å². The first kappa shape index (κ1) is 26.3. The molecule has 3 N–H and O–H groups in total. The molecular formula is C19H18N4O8S. The monoisotopic (exact) mass is 462 g/mol. The standard InChI is InChI=1S/C19H18N4O8S/c1-4-12(24)9-29-18-5-15(17(8-21)23-3)19(6-14(18)16(7-20)22-2)30-10-13(25)11-31-32(26,27)28/h5-6,12-13,24-25H,4,9-11H2,1H3,(H,26,27,28)/b16-14-,17-15+. The highest BCUT2D eigenvalue weighted by atomic mass is 32.3. The third-order valence-electron chi connectivity index (χ3n) is 3.77. The lowest BCUT2D eigenvalue weighted by Crippen LogP contribution is -2.28. The largest absolute Gasteiger partial charge is 0.492 e. The first-order valence-corrected chi connectivity index (χ1v) is 10.2. The second-order valence-corrected chi connectivity index (χ2v) is 7.13. The Morgan fingerprint density at radius 3 is 1.78 bits per heavy atom. The zero-order valence-corrected chi connectivity index (χ0v) is 17.5. The van der Waals surface area contributed by atoms with Crippen LogP contribution in [0.25, 0.3) is 21.1 Å². The maximum absolute atomic E-state index is 10.6. The van der Waals surface area contributed by atoms with E-state index in [0.29, 0.717) is 6.42 Å². The van der Waals surface area contributed by atoms with Gasteiger partial charge in [0.1, 0.15) is 30.8 Å². The van der Waals surface area contributed by atoms with Crippen LogP contribution in [0.15, 0.2) is 12.1 Å². The molecule has 0 saturated heterocycles. The molecule has 0 amide bonds. The summed E-state index contributed by atoms with van der Waals surface area (Å²) in [5.74, 6) is -0.239. The minimum atomic E-state index is -4.79. The van der Waals surface area contributed by atoms with Crippen molar-refractivity contribution in [3.63, 3.8) is 0 Å². The number of hydrogen-bond donors (Lipinski definition) is 3. The summed E-state index contributed by atoms with van der Waals surface area (Å²) in [6.07, 6.45) is -2.02. The van der Waals surface area contributed by atoms with Crippen molar-refractivity contribution in [2.45, 2.75) is 25.6 Å². The average Bonchev–Trinajstić information content (AvgIpc) is 2.76. The second-order valence-electron chi connectivity index (χ2n) is 6.04. The highest BCUT2D eigenvalue weighted by molar-refractivity contribution is 7.80. The molecule has 12 nitrogen and oxygen atoms in total. The van der Waals surface area contributed by atoms with Crippen LogP contribution < -0.4 is 19.9 Å². The molecular weight excluding hydrogens is 444 g/mol. The van der Waals surface area contributed by atoms with Crippen molar-refractivity contribution < 1.29 is 36.8 Å². The number of aliphatic hydroxyl groups is 2. The van der Waals surface area contributed by atoms with Crippen molar-refractivity contribution in [2.75, 3.05) is 19.8 Å². The summed E-state index contributed by atoms with van der Waals surface area (Å²) in [6, 6.07) is 5.69. The lowest BCUT2D eigenvalue weighted by atomic mass is 10.1. The zero-order chi connectivity index (χ0) is 24.3. The van der Waals surface area contributed by atoms with Gasteiger partial charge in [-0.3, -0.25) is 4.55 Å². The fourth-order valence-corrected chi connectivity index (χ4v) is 2.49. The van der Waals surface area contributed by atoms with Crippen molar-refractivity contribution in [3.05, 3.63) is 45.4 Å². The summed E-state index contributed by atoms with van der Waals surface area (Å²) < 4.78 is 44.7. The van der Waals surface area contributed by atoms with Gasteiger partial charge in [-0.25, -0.2) is 24.4 Å². The van der Waals surface area contributed by atoms with E-state index in [4.69, 9.17) is 27.2 Å². The van der Waals surface area contributed by atoms with Gasteiger partial charge in [-0.15, -0.1) is 0 Å². The molecule has 13 heteroatoms. The molecule has 168 valence electrons. The minimum absolute atomic E-state index is 0.0458. The number of rotatable bonds is 10. The molecule has 32 heavy (non-hydrogen) atoms. The Bertz CT molecular complexity index is 1200. The molecule has 0 aliphatic carbocycles. The number of nitriles is 2. The molecule has 0 aliphatic heterocycles. The maximum Gasteiger partial charge on any atom is 0.397 e. The van der Waals surface area contributed by atoms with Gasteiger partial charge in [0.25, 0.3) is 11.4 Å². The lowest BCUT2D eigenvalue weighted by Gasteiger charge is -2.15. The summed E-state index contributed by atoms with van der Waals surface area (Å²) in [5.41, 5.74) is -0.837. The maximum atomic E-state index is 10.6. The number of nitrogens with zero attached hydrogens (tertiary/aromatic N) is 4. The Balaban J connectivity index is 3.58. The molecule has 0 radical (unpaired) electrons. The Labute approximate surface area is 184 Å². The van der Waals surface area contributed by atoms with Gasteiger partial charge in [-0.05, 0) is 18.6 Å². The Morgan fingerprint density at radius 2 is 1.44 bits per heavy atom. The highest BCUT2D eigenvalue weighted by Gasteiger charge is 2.15. The third-order valence-corrected chi connectivity index (χ3v) is 4.20. The summed E-state index contributed by atoms with van der Waals surface area (Å²) in [7, 11) is -4.79. The molecule has 0 spiro atoms. The van der Waals surface area contributed by atoms with E-state index in [1.165, 1.54) is 6.07 Å². The van der Waals surface area contributed by atoms with Crippen molar-refractivity contribution in [2.24, 2.45) is 0 Å². The SMILES string of the molecule is [C-]#[N+]/C(C#N)=c1/cc(OCC(O)COS(=O)(=O)O)/c(=C(\C#N)[N+]#[C-])cc1OCC(O)CC. The predicted molar refractivity (Wildman–Crippen MR) is 108 cm³/mol. The van der Waals surface area contributed by atoms with E-state index in [-0.39, 0.29) is 28.5 Å². The molecule has 1 aromatic rings. The first-order chi connectivity index (χ1) is 15.1. The molecule has 0 saturated carbocycles. The average molecular weight is 462 g/mol. The van der Waals surface area contributed by atoms with E-state index < -0.39 is 47.2 Å². The topological polar surface area (TPSA) is 179 Å². The van der Waals surface area contributed by atoms with E-state index in [9.17, 15) is 29.2 Å². The normalized spacial score (nSPS) is 14.5. The molecule has 2 atom stereocenters. The van der Waals surface area contributed by atoms with Crippen LogP contribution in [0.5, 0.6) is 11.5 Å². The van der Waals surface area contributed by atoms with Crippen molar-refractivity contribution in [3.8, 4) is 23.6 Å². The van der Waals surface area contributed by atoms with Gasteiger partial charge in [0.15, 0.2) is 0 Å². The summed E-state index contributed by atoms with van der Waals surface area (Å²) in [4.78, 5) is 6.19. The van der Waals surface area contributed by atoms with Crippen LogP contribution in [0.2, 0.25) is 0 Å². The lowest BCUT2D eigenvalue weighted by molar-refractivity contribution is 0.0600. The van der Waals surface area contributed by atoms with E-state index >= 15 is 0 Å². The van der Waals surface area contributed by atoms with E-state index in [0.717, 1.165) is 6.07 Å². The van der Waals surface area contributed by atoms with Gasteiger partial charge in [-0.1, -0.05) is 6.92 Å². The van der Waals surface area contributed by atoms with Gasteiger partial charge in [0, 0.05) is 10.4 Å². The molecule has 2 unspecified atom stereocenters. The third kappa shape index (κ3) is 7.86. The van der Waals surface area contributed by atoms with Crippen molar-refractivity contribution >= 4 is 21.8 Å². The number of hydrogen-bond acceptors (Lipinski definition) is 9. The number of ether oxygens (including phenoxy) is 2. The van der Waals surface area contributed by atoms with Crippen LogP contribution in [-0.2, 0) is 14.6 Å². The quantitative estimate of drug-likeness (QED) is 0.303. The van der Waals surface area contributed by atoms with Crippen LogP contribution in [0.3, 0.4) is 0 Å². The van der Waals surface area contributed by atoms with E-state index in [1.807, 2.05) is 0 Å². The molecule has 0 fully saturated rings. The van der Waals surface area contributed by atoms with Crippen LogP contribution in [0.1, 0.15) is 13.3 Å². The van der Waals surface area contributed by atoms with E-state index in [2.05, 4.69) is 13.9 Å². The first-order valence-electron chi connectivity index (χ1n) is 8.81. The predicted octanol–water partition coefficient (Wildman–Crippen LogP) is -0.502. The molecule has 1 rings (SSSR count). The van der Waals surface area contributed by atoms with Crippen molar-refractivity contribution in [1.82, 2.24) is 0 Å². The molecule has 0 bridgehead atoms. The van der Waals surface area contributed by atoms with Crippen molar-refractivity contribution in [1.29, 1.82) is 10.5 Å². The molecule has 0 aliphatic rings. The molecule has 0 aromatic heterocycles. The minimum Gasteiger partial charge on any atom is -0.492 e.